The molecule has 1 heterocycles. The standard InChI is InChI=1S/C9H8BrClN4O2S/c10-8-5(11)2-1-3-6(8)15-18(16,17)7-4-13-14-9(7)12/h1-4,15H,(H3,12,13,14). The Balaban J connectivity index is 2.40. The number of halogens is 2. The topological polar surface area (TPSA) is 101 Å². The largest absolute Gasteiger partial charge is 0.383 e. The van der Waals surface area contributed by atoms with Gasteiger partial charge in [-0.05, 0) is 28.1 Å². The molecule has 6 nitrogen and oxygen atoms in total. The van der Waals surface area contributed by atoms with Crippen molar-refractivity contribution in [2.75, 3.05) is 10.5 Å². The van der Waals surface area contributed by atoms with Crippen molar-refractivity contribution in [1.82, 2.24) is 10.2 Å². The number of hydrogen-bond acceptors (Lipinski definition) is 4. The third-order valence-corrected chi connectivity index (χ3v) is 4.91. The third kappa shape index (κ3) is 2.45. The molecule has 0 aliphatic carbocycles. The highest BCUT2D eigenvalue weighted by Gasteiger charge is 2.20. The van der Waals surface area contributed by atoms with E-state index < -0.39 is 10.0 Å². The molecule has 0 saturated carbocycles. The van der Waals surface area contributed by atoms with Crippen LogP contribution in [0.15, 0.2) is 33.8 Å². The highest BCUT2D eigenvalue weighted by atomic mass is 79.9. The average Bonchev–Trinajstić information content (AvgIpc) is 2.72. The lowest BCUT2D eigenvalue weighted by Crippen LogP contribution is -2.14. The molecule has 0 aliphatic rings. The van der Waals surface area contributed by atoms with Crippen molar-refractivity contribution >= 4 is 49.1 Å². The molecule has 0 aliphatic heterocycles. The summed E-state index contributed by atoms with van der Waals surface area (Å²) >= 11 is 9.08. The molecule has 0 fully saturated rings. The average molecular weight is 352 g/mol. The molecule has 0 spiro atoms. The minimum absolute atomic E-state index is 0.0272. The number of anilines is 2. The summed E-state index contributed by atoms with van der Waals surface area (Å²) in [5, 5.41) is 6.32. The number of nitrogens with zero attached hydrogens (tertiary/aromatic N) is 1. The maximum atomic E-state index is 12.0. The molecule has 96 valence electrons. The van der Waals surface area contributed by atoms with Crippen LogP contribution in [0.1, 0.15) is 0 Å². The van der Waals surface area contributed by atoms with E-state index in [-0.39, 0.29) is 10.7 Å². The molecule has 9 heteroatoms. The highest BCUT2D eigenvalue weighted by molar-refractivity contribution is 9.10. The molecule has 4 N–H and O–H groups in total. The van der Waals surface area contributed by atoms with Gasteiger partial charge in [0.05, 0.1) is 21.4 Å². The number of benzene rings is 1. The SMILES string of the molecule is Nc1[nH]ncc1S(=O)(=O)Nc1cccc(Cl)c1Br. The number of nitrogen functional groups attached to an aromatic ring is 1. The predicted octanol–water partition coefficient (Wildman–Crippen LogP) is 2.21. The summed E-state index contributed by atoms with van der Waals surface area (Å²) in [7, 11) is -3.80. The summed E-state index contributed by atoms with van der Waals surface area (Å²) in [6.45, 7) is 0. The van der Waals surface area contributed by atoms with Crippen LogP contribution in [0.2, 0.25) is 5.02 Å². The second-order valence-corrected chi connectivity index (χ2v) is 6.21. The fraction of sp³-hybridized carbons (Fsp3) is 0. The molecular formula is C9H8BrClN4O2S. The molecular weight excluding hydrogens is 344 g/mol. The molecule has 1 aromatic carbocycles. The number of H-pyrrole nitrogens is 1. The molecule has 0 bridgehead atoms. The molecule has 0 atom stereocenters. The Bertz CT molecular complexity index is 686. The second-order valence-electron chi connectivity index (χ2n) is 3.35. The maximum absolute atomic E-state index is 12.0. The van der Waals surface area contributed by atoms with Crippen LogP contribution in [0.4, 0.5) is 11.5 Å². The van der Waals surface area contributed by atoms with Gasteiger partial charge in [0.15, 0.2) is 0 Å². The van der Waals surface area contributed by atoms with E-state index in [1.165, 1.54) is 0 Å². The second kappa shape index (κ2) is 4.79. The van der Waals surface area contributed by atoms with E-state index in [1.54, 1.807) is 18.2 Å². The molecule has 2 rings (SSSR count). The van der Waals surface area contributed by atoms with Crippen molar-refractivity contribution in [3.63, 3.8) is 0 Å². The number of aromatic nitrogens is 2. The Morgan fingerprint density at radius 1 is 1.44 bits per heavy atom. The van der Waals surface area contributed by atoms with Crippen molar-refractivity contribution in [3.8, 4) is 0 Å². The van der Waals surface area contributed by atoms with Crippen LogP contribution in [0.25, 0.3) is 0 Å². The van der Waals surface area contributed by atoms with Gasteiger partial charge in [0.2, 0.25) is 0 Å². The number of rotatable bonds is 3. The number of aromatic amines is 1. The van der Waals surface area contributed by atoms with E-state index in [0.717, 1.165) is 6.20 Å². The van der Waals surface area contributed by atoms with Crippen molar-refractivity contribution in [2.45, 2.75) is 4.90 Å². The maximum Gasteiger partial charge on any atom is 0.267 e. The van der Waals surface area contributed by atoms with E-state index >= 15 is 0 Å². The molecule has 1 aromatic heterocycles. The lowest BCUT2D eigenvalue weighted by Gasteiger charge is -2.09. The number of sulfonamides is 1. The van der Waals surface area contributed by atoms with Crippen molar-refractivity contribution < 1.29 is 8.42 Å². The molecule has 0 saturated heterocycles. The van der Waals surface area contributed by atoms with Gasteiger partial charge in [-0.15, -0.1) is 0 Å². The fourth-order valence-electron chi connectivity index (χ4n) is 1.28. The van der Waals surface area contributed by atoms with E-state index in [4.69, 9.17) is 17.3 Å². The zero-order chi connectivity index (χ0) is 13.3. The lowest BCUT2D eigenvalue weighted by atomic mass is 10.3. The first kappa shape index (κ1) is 13.2. The Labute approximate surface area is 117 Å². The van der Waals surface area contributed by atoms with Gasteiger partial charge in [0.25, 0.3) is 10.0 Å². The van der Waals surface area contributed by atoms with Crippen LogP contribution in [-0.4, -0.2) is 18.6 Å². The van der Waals surface area contributed by atoms with Crippen LogP contribution in [0.5, 0.6) is 0 Å². The van der Waals surface area contributed by atoms with Gasteiger partial charge in [-0.1, -0.05) is 17.7 Å². The lowest BCUT2D eigenvalue weighted by molar-refractivity contribution is 0.601. The molecule has 0 unspecified atom stereocenters. The van der Waals surface area contributed by atoms with E-state index in [9.17, 15) is 8.42 Å². The molecule has 18 heavy (non-hydrogen) atoms. The molecule has 0 amide bonds. The summed E-state index contributed by atoms with van der Waals surface area (Å²) in [6, 6.07) is 4.84. The Kier molecular flexibility index (Phi) is 3.51. The van der Waals surface area contributed by atoms with Gasteiger partial charge < -0.3 is 5.73 Å². The number of nitrogens with two attached hydrogens (primary N) is 1. The van der Waals surface area contributed by atoms with E-state index in [1.807, 2.05) is 0 Å². The van der Waals surface area contributed by atoms with Crippen molar-refractivity contribution in [3.05, 3.63) is 33.9 Å². The van der Waals surface area contributed by atoms with Crippen LogP contribution in [0, 0.1) is 0 Å². The minimum Gasteiger partial charge on any atom is -0.383 e. The van der Waals surface area contributed by atoms with Gasteiger partial charge in [-0.3, -0.25) is 9.82 Å². The van der Waals surface area contributed by atoms with Crippen LogP contribution < -0.4 is 10.5 Å². The molecule has 2 aromatic rings. The monoisotopic (exact) mass is 350 g/mol. The molecule has 0 radical (unpaired) electrons. The van der Waals surface area contributed by atoms with Crippen LogP contribution in [-0.2, 0) is 10.0 Å². The zero-order valence-corrected chi connectivity index (χ0v) is 12.0. The third-order valence-electron chi connectivity index (χ3n) is 2.12. The van der Waals surface area contributed by atoms with Gasteiger partial charge >= 0.3 is 0 Å². The zero-order valence-electron chi connectivity index (χ0n) is 8.81. The van der Waals surface area contributed by atoms with Gasteiger partial charge in [0.1, 0.15) is 10.7 Å². The summed E-state index contributed by atoms with van der Waals surface area (Å²) in [5.74, 6) is -0.0272. The first-order valence-corrected chi connectivity index (χ1v) is 7.33. The summed E-state index contributed by atoms with van der Waals surface area (Å²) in [4.78, 5) is -0.116. The van der Waals surface area contributed by atoms with E-state index in [0.29, 0.717) is 15.2 Å². The first-order chi connectivity index (χ1) is 8.42. The predicted molar refractivity (Wildman–Crippen MR) is 73.0 cm³/mol. The van der Waals surface area contributed by atoms with Gasteiger partial charge in [-0.2, -0.15) is 5.10 Å². The highest BCUT2D eigenvalue weighted by Crippen LogP contribution is 2.31. The number of hydrogen-bond donors (Lipinski definition) is 3. The Morgan fingerprint density at radius 2 is 2.17 bits per heavy atom. The van der Waals surface area contributed by atoms with Gasteiger partial charge in [0, 0.05) is 0 Å². The minimum atomic E-state index is -3.80. The normalized spacial score (nSPS) is 11.4. The Morgan fingerprint density at radius 3 is 2.78 bits per heavy atom. The quantitative estimate of drug-likeness (QED) is 0.789. The van der Waals surface area contributed by atoms with Crippen molar-refractivity contribution in [1.29, 1.82) is 0 Å². The number of nitrogens with one attached hydrogen (secondary N) is 2. The smallest absolute Gasteiger partial charge is 0.267 e. The van der Waals surface area contributed by atoms with E-state index in [2.05, 4.69) is 30.8 Å². The van der Waals surface area contributed by atoms with Crippen LogP contribution >= 0.6 is 27.5 Å². The summed E-state index contributed by atoms with van der Waals surface area (Å²) in [6.07, 6.45) is 1.14. The Hall–Kier alpha value is -1.25. The first-order valence-electron chi connectivity index (χ1n) is 4.67. The van der Waals surface area contributed by atoms with Crippen molar-refractivity contribution in [2.24, 2.45) is 0 Å². The van der Waals surface area contributed by atoms with Gasteiger partial charge in [-0.25, -0.2) is 8.42 Å². The summed E-state index contributed by atoms with van der Waals surface area (Å²) < 4.78 is 26.9. The summed E-state index contributed by atoms with van der Waals surface area (Å²) in [5.41, 5.74) is 5.80. The van der Waals surface area contributed by atoms with Crippen LogP contribution in [0.3, 0.4) is 0 Å². The fourth-order valence-corrected chi connectivity index (χ4v) is 3.05.